The third kappa shape index (κ3) is 4.82. The molecule has 0 atom stereocenters. The summed E-state index contributed by atoms with van der Waals surface area (Å²) < 4.78 is 32.6. The van der Waals surface area contributed by atoms with Gasteiger partial charge in [0, 0.05) is 22.0 Å². The van der Waals surface area contributed by atoms with E-state index in [1.807, 2.05) is 0 Å². The average molecular weight is 417 g/mol. The number of hydrogen-bond acceptors (Lipinski definition) is 4. The first-order chi connectivity index (χ1) is 13.4. The van der Waals surface area contributed by atoms with E-state index in [1.54, 1.807) is 54.6 Å². The standard InChI is InChI=1S/C20H17ClN2O4S/c1-27-18-8-10-19(11-9-18)28(25,26)23-17-7-2-4-14(12-17)20(24)22-16-6-3-5-15(21)13-16/h2-13,23H,1H3,(H,22,24). The predicted molar refractivity (Wildman–Crippen MR) is 110 cm³/mol. The highest BCUT2D eigenvalue weighted by molar-refractivity contribution is 7.92. The van der Waals surface area contributed by atoms with Crippen LogP contribution in [0.4, 0.5) is 11.4 Å². The van der Waals surface area contributed by atoms with Gasteiger partial charge >= 0.3 is 0 Å². The van der Waals surface area contributed by atoms with Crippen molar-refractivity contribution < 1.29 is 17.9 Å². The van der Waals surface area contributed by atoms with E-state index >= 15 is 0 Å². The quantitative estimate of drug-likeness (QED) is 0.623. The molecule has 0 fully saturated rings. The Morgan fingerprint density at radius 3 is 2.29 bits per heavy atom. The molecule has 0 aliphatic rings. The van der Waals surface area contributed by atoms with Crippen molar-refractivity contribution in [2.24, 2.45) is 0 Å². The Balaban J connectivity index is 1.77. The maximum absolute atomic E-state index is 12.5. The van der Waals surface area contributed by atoms with Gasteiger partial charge < -0.3 is 10.1 Å². The van der Waals surface area contributed by atoms with E-state index in [2.05, 4.69) is 10.0 Å². The molecule has 3 rings (SSSR count). The normalized spacial score (nSPS) is 10.9. The second kappa shape index (κ2) is 8.33. The highest BCUT2D eigenvalue weighted by atomic mass is 35.5. The van der Waals surface area contributed by atoms with Crippen LogP contribution in [0.3, 0.4) is 0 Å². The average Bonchev–Trinajstić information content (AvgIpc) is 2.68. The van der Waals surface area contributed by atoms with Crippen molar-refractivity contribution in [2.45, 2.75) is 4.90 Å². The van der Waals surface area contributed by atoms with Gasteiger partial charge in [-0.1, -0.05) is 23.7 Å². The Labute approximate surface area is 168 Å². The smallest absolute Gasteiger partial charge is 0.261 e. The highest BCUT2D eigenvalue weighted by Gasteiger charge is 2.15. The number of anilines is 2. The summed E-state index contributed by atoms with van der Waals surface area (Å²) in [4.78, 5) is 12.5. The number of methoxy groups -OCH3 is 1. The lowest BCUT2D eigenvalue weighted by atomic mass is 10.2. The van der Waals surface area contributed by atoms with Crippen molar-refractivity contribution in [2.75, 3.05) is 17.1 Å². The van der Waals surface area contributed by atoms with Gasteiger partial charge in [0.25, 0.3) is 15.9 Å². The van der Waals surface area contributed by atoms with Crippen molar-refractivity contribution in [1.82, 2.24) is 0 Å². The molecular weight excluding hydrogens is 400 g/mol. The van der Waals surface area contributed by atoms with E-state index in [1.165, 1.54) is 25.3 Å². The van der Waals surface area contributed by atoms with E-state index in [0.717, 1.165) is 0 Å². The number of halogens is 1. The SMILES string of the molecule is COc1ccc(S(=O)(=O)Nc2cccc(C(=O)Nc3cccc(Cl)c3)c2)cc1. The molecule has 0 heterocycles. The van der Waals surface area contributed by atoms with Gasteiger partial charge in [0.2, 0.25) is 0 Å². The van der Waals surface area contributed by atoms with Crippen LogP contribution in [-0.2, 0) is 10.0 Å². The Morgan fingerprint density at radius 2 is 1.61 bits per heavy atom. The highest BCUT2D eigenvalue weighted by Crippen LogP contribution is 2.21. The summed E-state index contributed by atoms with van der Waals surface area (Å²) in [6, 6.07) is 19.0. The lowest BCUT2D eigenvalue weighted by Gasteiger charge is -2.10. The van der Waals surface area contributed by atoms with Crippen molar-refractivity contribution >= 4 is 38.9 Å². The minimum atomic E-state index is -3.80. The number of nitrogens with one attached hydrogen (secondary N) is 2. The maximum atomic E-state index is 12.5. The van der Waals surface area contributed by atoms with E-state index in [0.29, 0.717) is 22.0 Å². The fourth-order valence-electron chi connectivity index (χ4n) is 2.46. The topological polar surface area (TPSA) is 84.5 Å². The molecule has 144 valence electrons. The second-order valence-corrected chi connectivity index (χ2v) is 7.95. The Kier molecular flexibility index (Phi) is 5.87. The van der Waals surface area contributed by atoms with Crippen molar-refractivity contribution in [3.05, 3.63) is 83.4 Å². The van der Waals surface area contributed by atoms with Crippen LogP contribution in [-0.4, -0.2) is 21.4 Å². The number of carbonyl (C=O) groups is 1. The predicted octanol–water partition coefficient (Wildman–Crippen LogP) is 4.40. The third-order valence-electron chi connectivity index (χ3n) is 3.83. The minimum Gasteiger partial charge on any atom is -0.497 e. The van der Waals surface area contributed by atoms with E-state index < -0.39 is 10.0 Å². The molecule has 0 saturated heterocycles. The van der Waals surface area contributed by atoms with Crippen LogP contribution in [0.5, 0.6) is 5.75 Å². The van der Waals surface area contributed by atoms with Gasteiger partial charge in [-0.05, 0) is 60.7 Å². The van der Waals surface area contributed by atoms with Crippen molar-refractivity contribution in [3.8, 4) is 5.75 Å². The van der Waals surface area contributed by atoms with Gasteiger partial charge in [0.15, 0.2) is 0 Å². The largest absolute Gasteiger partial charge is 0.497 e. The maximum Gasteiger partial charge on any atom is 0.261 e. The first-order valence-corrected chi connectivity index (χ1v) is 10.1. The Hall–Kier alpha value is -3.03. The van der Waals surface area contributed by atoms with Crippen LogP contribution in [0.2, 0.25) is 5.02 Å². The molecule has 2 N–H and O–H groups in total. The molecule has 3 aromatic carbocycles. The zero-order valence-corrected chi connectivity index (χ0v) is 16.4. The van der Waals surface area contributed by atoms with Crippen molar-refractivity contribution in [1.29, 1.82) is 0 Å². The summed E-state index contributed by atoms with van der Waals surface area (Å²) in [5.74, 6) is 0.173. The zero-order chi connectivity index (χ0) is 20.1. The monoisotopic (exact) mass is 416 g/mol. The number of carbonyl (C=O) groups excluding carboxylic acids is 1. The number of sulfonamides is 1. The molecule has 0 aromatic heterocycles. The molecule has 3 aromatic rings. The lowest BCUT2D eigenvalue weighted by Crippen LogP contribution is -2.15. The van der Waals surface area contributed by atoms with Crippen LogP contribution in [0.15, 0.2) is 77.7 Å². The molecule has 0 bridgehead atoms. The van der Waals surface area contributed by atoms with E-state index in [9.17, 15) is 13.2 Å². The molecule has 0 saturated carbocycles. The second-order valence-electron chi connectivity index (χ2n) is 5.83. The van der Waals surface area contributed by atoms with Gasteiger partial charge in [-0.2, -0.15) is 0 Å². The number of hydrogen-bond donors (Lipinski definition) is 2. The Bertz CT molecular complexity index is 1100. The van der Waals surface area contributed by atoms with Gasteiger partial charge in [0.1, 0.15) is 5.75 Å². The summed E-state index contributed by atoms with van der Waals surface area (Å²) in [7, 11) is -2.30. The first-order valence-electron chi connectivity index (χ1n) is 8.21. The molecule has 0 radical (unpaired) electrons. The summed E-state index contributed by atoms with van der Waals surface area (Å²) in [5.41, 5.74) is 1.12. The number of benzene rings is 3. The van der Waals surface area contributed by atoms with E-state index in [-0.39, 0.29) is 16.5 Å². The van der Waals surface area contributed by atoms with Crippen LogP contribution in [0.1, 0.15) is 10.4 Å². The lowest BCUT2D eigenvalue weighted by molar-refractivity contribution is 0.102. The number of rotatable bonds is 6. The Morgan fingerprint density at radius 1 is 0.929 bits per heavy atom. The number of ether oxygens (including phenoxy) is 1. The van der Waals surface area contributed by atoms with Crippen LogP contribution in [0.25, 0.3) is 0 Å². The van der Waals surface area contributed by atoms with Gasteiger partial charge in [0.05, 0.1) is 12.0 Å². The van der Waals surface area contributed by atoms with E-state index in [4.69, 9.17) is 16.3 Å². The molecule has 0 aliphatic heterocycles. The van der Waals surface area contributed by atoms with Gasteiger partial charge in [-0.25, -0.2) is 8.42 Å². The van der Waals surface area contributed by atoms with Crippen LogP contribution in [0, 0.1) is 0 Å². The molecule has 8 heteroatoms. The first kappa shape index (κ1) is 19.7. The molecule has 28 heavy (non-hydrogen) atoms. The summed E-state index contributed by atoms with van der Waals surface area (Å²) in [6.07, 6.45) is 0. The molecule has 0 aliphatic carbocycles. The molecule has 6 nitrogen and oxygen atoms in total. The van der Waals surface area contributed by atoms with Crippen LogP contribution >= 0.6 is 11.6 Å². The summed E-state index contributed by atoms with van der Waals surface area (Å²) in [6.45, 7) is 0. The minimum absolute atomic E-state index is 0.0853. The molecule has 1 amide bonds. The zero-order valence-electron chi connectivity index (χ0n) is 14.8. The summed E-state index contributed by atoms with van der Waals surface area (Å²) >= 11 is 5.91. The molecule has 0 spiro atoms. The van der Waals surface area contributed by atoms with Crippen LogP contribution < -0.4 is 14.8 Å². The third-order valence-corrected chi connectivity index (χ3v) is 5.46. The molecular formula is C20H17ClN2O4S. The fraction of sp³-hybridized carbons (Fsp3) is 0.0500. The summed E-state index contributed by atoms with van der Waals surface area (Å²) in [5, 5.41) is 3.22. The van der Waals surface area contributed by atoms with Crippen molar-refractivity contribution in [3.63, 3.8) is 0 Å². The number of amides is 1. The molecule has 0 unspecified atom stereocenters. The van der Waals surface area contributed by atoms with Gasteiger partial charge in [-0.3, -0.25) is 9.52 Å². The van der Waals surface area contributed by atoms with Gasteiger partial charge in [-0.15, -0.1) is 0 Å². The fourth-order valence-corrected chi connectivity index (χ4v) is 3.70.